The second-order valence-corrected chi connectivity index (χ2v) is 5.28. The second kappa shape index (κ2) is 4.54. The third kappa shape index (κ3) is 2.33. The fraction of sp³-hybridized carbons (Fsp3) is 0.231. The number of hydrogen-bond donors (Lipinski definition) is 1. The van der Waals surface area contributed by atoms with Crippen molar-refractivity contribution in [3.05, 3.63) is 39.7 Å². The van der Waals surface area contributed by atoms with Crippen LogP contribution < -0.4 is 0 Å². The molecule has 3 rings (SSSR count). The molecule has 6 heteroatoms. The summed E-state index contributed by atoms with van der Waals surface area (Å²) in [6.45, 7) is 0. The molecule has 1 aliphatic rings. The summed E-state index contributed by atoms with van der Waals surface area (Å²) in [5.74, 6) is -0.833. The molecule has 1 heterocycles. The summed E-state index contributed by atoms with van der Waals surface area (Å²) in [6.07, 6.45) is 1.88. The fourth-order valence-corrected chi connectivity index (χ4v) is 2.27. The first-order valence-electron chi connectivity index (χ1n) is 5.75. The Kier molecular flexibility index (Phi) is 2.99. The fourth-order valence-electron chi connectivity index (χ4n) is 1.90. The Morgan fingerprint density at radius 3 is 2.74 bits per heavy atom. The van der Waals surface area contributed by atoms with Crippen LogP contribution in [0.3, 0.4) is 0 Å². The van der Waals surface area contributed by atoms with E-state index in [1.54, 1.807) is 18.2 Å². The van der Waals surface area contributed by atoms with Crippen molar-refractivity contribution in [2.24, 2.45) is 0 Å². The molecule has 1 N–H and O–H groups in total. The molecule has 0 bridgehead atoms. The summed E-state index contributed by atoms with van der Waals surface area (Å²) in [5.41, 5.74) is 1.00. The Bertz CT molecular complexity index is 662. The molecule has 0 saturated heterocycles. The Balaban J connectivity index is 2.12. The first-order chi connectivity index (χ1) is 9.06. The molecule has 0 spiro atoms. The predicted molar refractivity (Wildman–Crippen MR) is 70.9 cm³/mol. The van der Waals surface area contributed by atoms with E-state index in [0.29, 0.717) is 21.3 Å². The summed E-state index contributed by atoms with van der Waals surface area (Å²) >= 11 is 12.0. The van der Waals surface area contributed by atoms with E-state index in [1.165, 1.54) is 0 Å². The molecule has 0 unspecified atom stereocenters. The molecule has 2 aromatic rings. The van der Waals surface area contributed by atoms with Gasteiger partial charge in [0.1, 0.15) is 0 Å². The van der Waals surface area contributed by atoms with Gasteiger partial charge in [-0.25, -0.2) is 9.78 Å². The molecule has 1 aliphatic carbocycles. The number of rotatable bonds is 3. The lowest BCUT2D eigenvalue weighted by atomic mass is 10.2. The summed E-state index contributed by atoms with van der Waals surface area (Å²) in [7, 11) is 0. The number of aromatic nitrogens is 1. The van der Waals surface area contributed by atoms with Gasteiger partial charge in [0.2, 0.25) is 11.7 Å². The molecular formula is C13H9Cl2NO3. The summed E-state index contributed by atoms with van der Waals surface area (Å²) in [5, 5.41) is 10.0. The monoisotopic (exact) mass is 297 g/mol. The molecule has 0 amide bonds. The summed E-state index contributed by atoms with van der Waals surface area (Å²) in [4.78, 5) is 15.4. The van der Waals surface area contributed by atoms with E-state index in [1.807, 2.05) is 0 Å². The number of aromatic carboxylic acids is 1. The van der Waals surface area contributed by atoms with Crippen molar-refractivity contribution in [1.82, 2.24) is 4.98 Å². The van der Waals surface area contributed by atoms with Crippen molar-refractivity contribution in [1.29, 1.82) is 0 Å². The van der Waals surface area contributed by atoms with Crippen LogP contribution in [0.25, 0.3) is 11.5 Å². The minimum atomic E-state index is -1.11. The largest absolute Gasteiger partial charge is 0.475 e. The number of halogens is 2. The van der Waals surface area contributed by atoms with E-state index in [9.17, 15) is 4.79 Å². The molecule has 1 aromatic heterocycles. The van der Waals surface area contributed by atoms with E-state index in [4.69, 9.17) is 32.7 Å². The molecular weight excluding hydrogens is 289 g/mol. The minimum absolute atomic E-state index is 0.103. The van der Waals surface area contributed by atoms with Crippen LogP contribution in [0.4, 0.5) is 0 Å². The first-order valence-corrected chi connectivity index (χ1v) is 6.51. The topological polar surface area (TPSA) is 63.3 Å². The van der Waals surface area contributed by atoms with Crippen LogP contribution in [-0.2, 0) is 0 Å². The third-order valence-electron chi connectivity index (χ3n) is 2.97. The summed E-state index contributed by atoms with van der Waals surface area (Å²) < 4.78 is 5.35. The maximum Gasteiger partial charge on any atom is 0.373 e. The van der Waals surface area contributed by atoms with Gasteiger partial charge in [0, 0.05) is 10.9 Å². The molecule has 98 valence electrons. The number of oxazole rings is 1. The second-order valence-electron chi connectivity index (χ2n) is 4.44. The number of nitrogens with zero attached hydrogens (tertiary/aromatic N) is 1. The molecule has 0 atom stereocenters. The van der Waals surface area contributed by atoms with Crippen LogP contribution in [0.5, 0.6) is 0 Å². The average Bonchev–Trinajstić information content (AvgIpc) is 3.11. The van der Waals surface area contributed by atoms with Crippen LogP contribution in [0.1, 0.15) is 35.0 Å². The zero-order chi connectivity index (χ0) is 13.6. The lowest BCUT2D eigenvalue weighted by molar-refractivity contribution is 0.0661. The maximum atomic E-state index is 11.2. The Labute approximate surface area is 119 Å². The highest BCUT2D eigenvalue weighted by atomic mass is 35.5. The van der Waals surface area contributed by atoms with Gasteiger partial charge in [0.25, 0.3) is 0 Å². The number of carboxylic acid groups (broad SMARTS) is 1. The van der Waals surface area contributed by atoms with E-state index in [-0.39, 0.29) is 17.6 Å². The number of hydrogen-bond acceptors (Lipinski definition) is 3. The molecule has 0 radical (unpaired) electrons. The first kappa shape index (κ1) is 12.5. The highest BCUT2D eigenvalue weighted by Gasteiger charge is 2.34. The van der Waals surface area contributed by atoms with Gasteiger partial charge in [-0.2, -0.15) is 0 Å². The van der Waals surface area contributed by atoms with Crippen molar-refractivity contribution in [3.8, 4) is 11.5 Å². The third-order valence-corrected chi connectivity index (χ3v) is 3.54. The quantitative estimate of drug-likeness (QED) is 0.921. The van der Waals surface area contributed by atoms with Gasteiger partial charge in [-0.1, -0.05) is 23.2 Å². The zero-order valence-electron chi connectivity index (χ0n) is 9.69. The molecule has 1 aromatic carbocycles. The smallest absolute Gasteiger partial charge is 0.373 e. The van der Waals surface area contributed by atoms with Crippen molar-refractivity contribution in [2.45, 2.75) is 18.8 Å². The molecule has 0 aliphatic heterocycles. The van der Waals surface area contributed by atoms with Crippen molar-refractivity contribution < 1.29 is 14.3 Å². The van der Waals surface area contributed by atoms with Crippen LogP contribution in [0, 0.1) is 0 Å². The van der Waals surface area contributed by atoms with E-state index in [0.717, 1.165) is 12.8 Å². The van der Waals surface area contributed by atoms with Gasteiger partial charge >= 0.3 is 5.97 Å². The SMILES string of the molecule is O=C(O)c1oc(-c2cc(Cl)ccc2Cl)nc1C1CC1. The molecule has 1 fully saturated rings. The Morgan fingerprint density at radius 2 is 2.11 bits per heavy atom. The number of benzene rings is 1. The predicted octanol–water partition coefficient (Wildman–Crippen LogP) is 4.22. The molecule has 1 saturated carbocycles. The van der Waals surface area contributed by atoms with Crippen molar-refractivity contribution in [2.75, 3.05) is 0 Å². The average molecular weight is 298 g/mol. The lowest BCUT2D eigenvalue weighted by Gasteiger charge is -1.99. The Morgan fingerprint density at radius 1 is 1.37 bits per heavy atom. The van der Waals surface area contributed by atoms with E-state index in [2.05, 4.69) is 4.98 Å². The highest BCUT2D eigenvalue weighted by Crippen LogP contribution is 2.43. The lowest BCUT2D eigenvalue weighted by Crippen LogP contribution is -1.98. The van der Waals surface area contributed by atoms with Crippen LogP contribution >= 0.6 is 23.2 Å². The van der Waals surface area contributed by atoms with Crippen LogP contribution in [0.15, 0.2) is 22.6 Å². The number of carboxylic acids is 1. The number of carbonyl (C=O) groups is 1. The molecule has 19 heavy (non-hydrogen) atoms. The normalized spacial score (nSPS) is 14.6. The maximum absolute atomic E-state index is 11.2. The van der Waals surface area contributed by atoms with Gasteiger partial charge < -0.3 is 9.52 Å². The van der Waals surface area contributed by atoms with Gasteiger partial charge in [-0.05, 0) is 31.0 Å². The van der Waals surface area contributed by atoms with Gasteiger partial charge in [0.05, 0.1) is 16.3 Å². The van der Waals surface area contributed by atoms with Gasteiger partial charge in [-0.15, -0.1) is 0 Å². The Hall–Kier alpha value is -1.52. The van der Waals surface area contributed by atoms with Crippen molar-refractivity contribution in [3.63, 3.8) is 0 Å². The van der Waals surface area contributed by atoms with Gasteiger partial charge in [-0.3, -0.25) is 0 Å². The zero-order valence-corrected chi connectivity index (χ0v) is 11.2. The highest BCUT2D eigenvalue weighted by molar-refractivity contribution is 6.35. The van der Waals surface area contributed by atoms with E-state index >= 15 is 0 Å². The molecule has 4 nitrogen and oxygen atoms in total. The van der Waals surface area contributed by atoms with Gasteiger partial charge in [0.15, 0.2) is 0 Å². The van der Waals surface area contributed by atoms with Crippen LogP contribution in [-0.4, -0.2) is 16.1 Å². The summed E-state index contributed by atoms with van der Waals surface area (Å²) in [6, 6.07) is 4.88. The van der Waals surface area contributed by atoms with E-state index < -0.39 is 5.97 Å². The van der Waals surface area contributed by atoms with Crippen LogP contribution in [0.2, 0.25) is 10.0 Å². The minimum Gasteiger partial charge on any atom is -0.475 e. The van der Waals surface area contributed by atoms with Crippen molar-refractivity contribution >= 4 is 29.2 Å². The standard InChI is InChI=1S/C13H9Cl2NO3/c14-7-3-4-9(15)8(5-7)12-16-10(6-1-2-6)11(19-12)13(17)18/h3-6H,1-2H2,(H,17,18).